The van der Waals surface area contributed by atoms with Crippen LogP contribution in [0.4, 0.5) is 0 Å². The summed E-state index contributed by atoms with van der Waals surface area (Å²) in [6.07, 6.45) is 62.4. The fourth-order valence-corrected chi connectivity index (χ4v) is 7.65. The Hall–Kier alpha value is -2.63. The van der Waals surface area contributed by atoms with Crippen LogP contribution in [0.5, 0.6) is 0 Å². The number of allylic oxidation sites excluding steroid dienone is 8. The summed E-state index contributed by atoms with van der Waals surface area (Å²) >= 11 is 0. The van der Waals surface area contributed by atoms with E-state index in [4.69, 9.17) is 14.2 Å². The van der Waals surface area contributed by atoms with E-state index < -0.39 is 6.10 Å². The third-order valence-corrected chi connectivity index (χ3v) is 11.8. The van der Waals surface area contributed by atoms with Crippen molar-refractivity contribution in [2.75, 3.05) is 13.2 Å². The number of hydrogen-bond acceptors (Lipinski definition) is 6. The minimum Gasteiger partial charge on any atom is -0.462 e. The maximum atomic E-state index is 12.8. The van der Waals surface area contributed by atoms with Crippen LogP contribution < -0.4 is 0 Å². The van der Waals surface area contributed by atoms with Gasteiger partial charge in [-0.2, -0.15) is 0 Å². The highest BCUT2D eigenvalue weighted by molar-refractivity contribution is 5.71. The normalized spacial score (nSPS) is 12.4. The largest absolute Gasteiger partial charge is 0.462 e. The van der Waals surface area contributed by atoms with Gasteiger partial charge in [0, 0.05) is 19.3 Å². The zero-order chi connectivity index (χ0) is 45.8. The fourth-order valence-electron chi connectivity index (χ4n) is 7.65. The molecule has 0 aromatic heterocycles. The van der Waals surface area contributed by atoms with Crippen LogP contribution in [0.15, 0.2) is 48.6 Å². The molecule has 0 aliphatic carbocycles. The van der Waals surface area contributed by atoms with Gasteiger partial charge in [-0.15, -0.1) is 0 Å². The molecule has 63 heavy (non-hydrogen) atoms. The molecule has 0 aromatic carbocycles. The van der Waals surface area contributed by atoms with Crippen molar-refractivity contribution < 1.29 is 28.6 Å². The highest BCUT2D eigenvalue weighted by atomic mass is 16.6. The van der Waals surface area contributed by atoms with Gasteiger partial charge in [-0.05, 0) is 96.3 Å². The first-order chi connectivity index (χ1) is 31.0. The van der Waals surface area contributed by atoms with E-state index in [-0.39, 0.29) is 31.1 Å². The lowest BCUT2D eigenvalue weighted by atomic mass is 10.1. The van der Waals surface area contributed by atoms with Crippen LogP contribution in [0.2, 0.25) is 0 Å². The number of hydrogen-bond donors (Lipinski definition) is 0. The number of carbonyl (C=O) groups is 3. The first kappa shape index (κ1) is 60.4. The van der Waals surface area contributed by atoms with Crippen LogP contribution >= 0.6 is 0 Å². The Morgan fingerprint density at radius 3 is 0.968 bits per heavy atom. The van der Waals surface area contributed by atoms with Crippen LogP contribution in [-0.4, -0.2) is 37.2 Å². The van der Waals surface area contributed by atoms with E-state index in [1.54, 1.807) is 0 Å². The molecule has 6 nitrogen and oxygen atoms in total. The van der Waals surface area contributed by atoms with Crippen LogP contribution in [0, 0.1) is 0 Å². The Labute approximate surface area is 390 Å². The molecule has 1 unspecified atom stereocenters. The number of esters is 3. The predicted molar refractivity (Wildman–Crippen MR) is 270 cm³/mol. The summed E-state index contributed by atoms with van der Waals surface area (Å²) in [4.78, 5) is 38.0. The van der Waals surface area contributed by atoms with Crippen LogP contribution in [0.3, 0.4) is 0 Å². The predicted octanol–water partition coefficient (Wildman–Crippen LogP) is 17.9. The Morgan fingerprint density at radius 1 is 0.317 bits per heavy atom. The molecule has 366 valence electrons. The molecule has 0 N–H and O–H groups in total. The van der Waals surface area contributed by atoms with Crippen molar-refractivity contribution in [1.82, 2.24) is 0 Å². The van der Waals surface area contributed by atoms with Crippen molar-refractivity contribution in [3.05, 3.63) is 48.6 Å². The topological polar surface area (TPSA) is 78.9 Å². The molecule has 0 saturated heterocycles. The van der Waals surface area contributed by atoms with Crippen LogP contribution in [0.25, 0.3) is 0 Å². The molecule has 0 heterocycles. The Kier molecular flexibility index (Phi) is 49.8. The molecular formula is C57H102O6. The number of carbonyl (C=O) groups excluding carboxylic acids is 3. The fraction of sp³-hybridized carbons (Fsp3) is 0.807. The molecule has 0 fully saturated rings. The molecule has 0 aliphatic rings. The molecule has 0 spiro atoms. The van der Waals surface area contributed by atoms with Crippen molar-refractivity contribution >= 4 is 17.9 Å². The van der Waals surface area contributed by atoms with Crippen molar-refractivity contribution in [3.8, 4) is 0 Å². The monoisotopic (exact) mass is 883 g/mol. The second kappa shape index (κ2) is 52.0. The Bertz CT molecular complexity index is 1110. The summed E-state index contributed by atoms with van der Waals surface area (Å²) in [5.74, 6) is -0.899. The van der Waals surface area contributed by atoms with Gasteiger partial charge in [-0.25, -0.2) is 0 Å². The van der Waals surface area contributed by atoms with Crippen LogP contribution in [0.1, 0.15) is 278 Å². The average molecular weight is 883 g/mol. The molecule has 0 aliphatic heterocycles. The van der Waals surface area contributed by atoms with Crippen LogP contribution in [-0.2, 0) is 28.6 Å². The van der Waals surface area contributed by atoms with E-state index >= 15 is 0 Å². The molecule has 0 bridgehead atoms. The lowest BCUT2D eigenvalue weighted by Gasteiger charge is -2.18. The van der Waals surface area contributed by atoms with E-state index in [0.29, 0.717) is 19.3 Å². The van der Waals surface area contributed by atoms with E-state index in [9.17, 15) is 14.4 Å². The highest BCUT2D eigenvalue weighted by Crippen LogP contribution is 2.15. The summed E-state index contributed by atoms with van der Waals surface area (Å²) in [5, 5.41) is 0. The molecule has 0 amide bonds. The van der Waals surface area contributed by atoms with Gasteiger partial charge < -0.3 is 14.2 Å². The van der Waals surface area contributed by atoms with Gasteiger partial charge in [0.2, 0.25) is 0 Å². The summed E-state index contributed by atoms with van der Waals surface area (Å²) < 4.78 is 16.8. The van der Waals surface area contributed by atoms with Crippen molar-refractivity contribution in [2.24, 2.45) is 0 Å². The van der Waals surface area contributed by atoms with Gasteiger partial charge in [-0.1, -0.05) is 211 Å². The van der Waals surface area contributed by atoms with E-state index in [0.717, 1.165) is 96.3 Å². The molecule has 0 radical (unpaired) electrons. The summed E-state index contributed by atoms with van der Waals surface area (Å²) in [7, 11) is 0. The van der Waals surface area contributed by atoms with E-state index in [1.165, 1.54) is 141 Å². The maximum Gasteiger partial charge on any atom is 0.306 e. The lowest BCUT2D eigenvalue weighted by Crippen LogP contribution is -2.30. The molecule has 0 saturated carbocycles. The lowest BCUT2D eigenvalue weighted by molar-refractivity contribution is -0.167. The minimum absolute atomic E-state index is 0.0815. The van der Waals surface area contributed by atoms with Gasteiger partial charge >= 0.3 is 17.9 Å². The molecule has 0 rings (SSSR count). The molecule has 1 atom stereocenters. The zero-order valence-corrected chi connectivity index (χ0v) is 41.8. The number of ether oxygens (including phenoxy) is 3. The molecule has 6 heteroatoms. The molecule has 0 aromatic rings. The average Bonchev–Trinajstić information content (AvgIpc) is 3.28. The van der Waals surface area contributed by atoms with Crippen molar-refractivity contribution in [3.63, 3.8) is 0 Å². The SMILES string of the molecule is CCC/C=C\C/C=C\CCCCCCCC(=O)OC(COC(=O)CCCCCCC/C=C\CCCCCC)COC(=O)CCCCCCCCCCC/C=C\CCCCCCCC. The van der Waals surface area contributed by atoms with Gasteiger partial charge in [0.25, 0.3) is 0 Å². The minimum atomic E-state index is -0.783. The van der Waals surface area contributed by atoms with Gasteiger partial charge in [0.15, 0.2) is 6.10 Å². The summed E-state index contributed by atoms with van der Waals surface area (Å²) in [6, 6.07) is 0. The smallest absolute Gasteiger partial charge is 0.306 e. The second-order valence-electron chi connectivity index (χ2n) is 18.1. The van der Waals surface area contributed by atoms with Gasteiger partial charge in [-0.3, -0.25) is 14.4 Å². The Morgan fingerprint density at radius 2 is 0.603 bits per heavy atom. The number of rotatable bonds is 49. The number of unbranched alkanes of at least 4 members (excludes halogenated alkanes) is 30. The third-order valence-electron chi connectivity index (χ3n) is 11.8. The summed E-state index contributed by atoms with van der Waals surface area (Å²) in [5.41, 5.74) is 0. The van der Waals surface area contributed by atoms with E-state index in [1.807, 2.05) is 0 Å². The first-order valence-electron chi connectivity index (χ1n) is 27.1. The quantitative estimate of drug-likeness (QED) is 0.0262. The highest BCUT2D eigenvalue weighted by Gasteiger charge is 2.19. The summed E-state index contributed by atoms with van der Waals surface area (Å²) in [6.45, 7) is 6.55. The molecular weight excluding hydrogens is 781 g/mol. The van der Waals surface area contributed by atoms with Gasteiger partial charge in [0.1, 0.15) is 13.2 Å². The van der Waals surface area contributed by atoms with Gasteiger partial charge in [0.05, 0.1) is 0 Å². The Balaban J connectivity index is 4.34. The maximum absolute atomic E-state index is 12.8. The van der Waals surface area contributed by atoms with E-state index in [2.05, 4.69) is 69.4 Å². The second-order valence-corrected chi connectivity index (χ2v) is 18.1. The standard InChI is InChI=1S/C57H102O6/c1-4-7-10-13-16-19-22-25-26-27-28-29-30-33-35-38-41-44-47-50-56(59)62-53-54(63-57(60)51-48-45-42-39-36-32-24-21-18-15-12-9-6-3)52-61-55(58)49-46-43-40-37-34-31-23-20-17-14-11-8-5-2/h12,15,20-21,23-26,54H,4-11,13-14,16-19,22,27-53H2,1-3H3/b15-12-,23-20-,24-21-,26-25-. The van der Waals surface area contributed by atoms with Crippen molar-refractivity contribution in [1.29, 1.82) is 0 Å². The third kappa shape index (κ3) is 50.2. The first-order valence-corrected chi connectivity index (χ1v) is 27.1. The van der Waals surface area contributed by atoms with Crippen molar-refractivity contribution in [2.45, 2.75) is 284 Å². The zero-order valence-electron chi connectivity index (χ0n) is 41.8.